The number of rotatable bonds is 3. The first kappa shape index (κ1) is 7.63. The van der Waals surface area contributed by atoms with Gasteiger partial charge in [-0.3, -0.25) is 0 Å². The summed E-state index contributed by atoms with van der Waals surface area (Å²) in [5.74, 6) is 3.81. The first-order valence-corrected chi connectivity index (χ1v) is 5.03. The molecular formula is C11H14O2. The number of hydrogen-bond acceptors (Lipinski definition) is 2. The Morgan fingerprint density at radius 1 is 1.46 bits per heavy atom. The van der Waals surface area contributed by atoms with Gasteiger partial charge >= 0.3 is 0 Å². The van der Waals surface area contributed by atoms with Crippen molar-refractivity contribution in [1.29, 1.82) is 0 Å². The zero-order valence-corrected chi connectivity index (χ0v) is 7.82. The summed E-state index contributed by atoms with van der Waals surface area (Å²) in [4.78, 5) is 0. The van der Waals surface area contributed by atoms with Crippen LogP contribution in [0.1, 0.15) is 30.8 Å². The Morgan fingerprint density at radius 2 is 2.23 bits per heavy atom. The van der Waals surface area contributed by atoms with Gasteiger partial charge in [-0.25, -0.2) is 0 Å². The predicted octanol–water partition coefficient (Wildman–Crippen LogP) is 2.34. The standard InChI is InChI=1S/C11H14O2/c1-7-4-10(7)11-3-2-8(13-11)5-9-6-12-9/h2-3,7,9-10H,4-6H2,1H3. The fourth-order valence-corrected chi connectivity index (χ4v) is 1.83. The molecule has 2 fully saturated rings. The minimum Gasteiger partial charge on any atom is -0.466 e. The average molecular weight is 178 g/mol. The van der Waals surface area contributed by atoms with Gasteiger partial charge < -0.3 is 9.15 Å². The Hall–Kier alpha value is -0.760. The molecule has 1 aliphatic heterocycles. The number of ether oxygens (including phenoxy) is 1. The fourth-order valence-electron chi connectivity index (χ4n) is 1.83. The van der Waals surface area contributed by atoms with E-state index in [4.69, 9.17) is 9.15 Å². The Balaban J connectivity index is 1.70. The van der Waals surface area contributed by atoms with E-state index in [0.717, 1.165) is 24.7 Å². The van der Waals surface area contributed by atoms with Crippen LogP contribution in [0.25, 0.3) is 0 Å². The molecule has 2 heterocycles. The van der Waals surface area contributed by atoms with E-state index in [2.05, 4.69) is 19.1 Å². The zero-order valence-electron chi connectivity index (χ0n) is 7.82. The molecule has 2 heteroatoms. The van der Waals surface area contributed by atoms with Gasteiger partial charge in [-0.05, 0) is 24.5 Å². The Labute approximate surface area is 77.9 Å². The van der Waals surface area contributed by atoms with Crippen LogP contribution in [0.5, 0.6) is 0 Å². The van der Waals surface area contributed by atoms with Crippen molar-refractivity contribution < 1.29 is 9.15 Å². The molecule has 0 aromatic carbocycles. The highest BCUT2D eigenvalue weighted by Gasteiger charge is 2.36. The summed E-state index contributed by atoms with van der Waals surface area (Å²) >= 11 is 0. The SMILES string of the molecule is CC1CC1c1ccc(CC2CO2)o1. The van der Waals surface area contributed by atoms with Crippen molar-refractivity contribution in [2.75, 3.05) is 6.61 Å². The molecule has 70 valence electrons. The Morgan fingerprint density at radius 3 is 2.85 bits per heavy atom. The van der Waals surface area contributed by atoms with Crippen molar-refractivity contribution >= 4 is 0 Å². The molecule has 1 aliphatic carbocycles. The summed E-state index contributed by atoms with van der Waals surface area (Å²) in [5.41, 5.74) is 0. The number of furan rings is 1. The second-order valence-electron chi connectivity index (χ2n) is 4.28. The third-order valence-electron chi connectivity index (χ3n) is 2.99. The summed E-state index contributed by atoms with van der Waals surface area (Å²) in [6.45, 7) is 3.19. The van der Waals surface area contributed by atoms with Gasteiger partial charge in [0.1, 0.15) is 11.5 Å². The van der Waals surface area contributed by atoms with Crippen molar-refractivity contribution in [1.82, 2.24) is 0 Å². The van der Waals surface area contributed by atoms with Crippen molar-refractivity contribution in [2.45, 2.75) is 31.8 Å². The highest BCUT2D eigenvalue weighted by molar-refractivity contribution is 5.18. The van der Waals surface area contributed by atoms with Gasteiger partial charge in [0.05, 0.1) is 12.7 Å². The summed E-state index contributed by atoms with van der Waals surface area (Å²) < 4.78 is 10.9. The summed E-state index contributed by atoms with van der Waals surface area (Å²) in [6, 6.07) is 4.23. The molecule has 0 amide bonds. The molecule has 2 aliphatic rings. The van der Waals surface area contributed by atoms with Crippen LogP contribution in [0.3, 0.4) is 0 Å². The molecule has 1 saturated heterocycles. The molecule has 1 aromatic heterocycles. The van der Waals surface area contributed by atoms with Crippen LogP contribution >= 0.6 is 0 Å². The lowest BCUT2D eigenvalue weighted by Gasteiger charge is -1.92. The summed E-state index contributed by atoms with van der Waals surface area (Å²) in [6.07, 6.45) is 2.70. The topological polar surface area (TPSA) is 25.7 Å². The quantitative estimate of drug-likeness (QED) is 0.664. The molecule has 3 atom stereocenters. The molecule has 0 radical (unpaired) electrons. The van der Waals surface area contributed by atoms with Crippen molar-refractivity contribution in [2.24, 2.45) is 5.92 Å². The van der Waals surface area contributed by atoms with Crippen LogP contribution in [0.2, 0.25) is 0 Å². The number of hydrogen-bond donors (Lipinski definition) is 0. The Kier molecular flexibility index (Phi) is 1.53. The van der Waals surface area contributed by atoms with Gasteiger partial charge in [0.2, 0.25) is 0 Å². The molecular weight excluding hydrogens is 164 g/mol. The number of epoxide rings is 1. The van der Waals surface area contributed by atoms with Crippen molar-refractivity contribution in [3.63, 3.8) is 0 Å². The second-order valence-corrected chi connectivity index (χ2v) is 4.28. The van der Waals surface area contributed by atoms with Crippen molar-refractivity contribution in [3.05, 3.63) is 23.7 Å². The van der Waals surface area contributed by atoms with Gasteiger partial charge in [0, 0.05) is 12.3 Å². The van der Waals surface area contributed by atoms with Crippen LogP contribution in [-0.4, -0.2) is 12.7 Å². The van der Waals surface area contributed by atoms with E-state index in [0.29, 0.717) is 12.0 Å². The predicted molar refractivity (Wildman–Crippen MR) is 48.7 cm³/mol. The maximum atomic E-state index is 5.75. The minimum absolute atomic E-state index is 0.440. The van der Waals surface area contributed by atoms with Gasteiger partial charge in [-0.1, -0.05) is 6.92 Å². The average Bonchev–Trinajstić information content (AvgIpc) is 2.97. The van der Waals surface area contributed by atoms with Gasteiger partial charge in [-0.2, -0.15) is 0 Å². The van der Waals surface area contributed by atoms with Gasteiger partial charge in [-0.15, -0.1) is 0 Å². The molecule has 3 rings (SSSR count). The Bertz CT molecular complexity index is 312. The molecule has 0 spiro atoms. The monoisotopic (exact) mass is 178 g/mol. The molecule has 1 aromatic rings. The summed E-state index contributed by atoms with van der Waals surface area (Å²) in [7, 11) is 0. The van der Waals surface area contributed by atoms with Gasteiger partial charge in [0.15, 0.2) is 0 Å². The smallest absolute Gasteiger partial charge is 0.107 e. The van der Waals surface area contributed by atoms with E-state index >= 15 is 0 Å². The molecule has 2 nitrogen and oxygen atoms in total. The third-order valence-corrected chi connectivity index (χ3v) is 2.99. The lowest BCUT2D eigenvalue weighted by molar-refractivity contribution is 0.381. The van der Waals surface area contributed by atoms with E-state index in [9.17, 15) is 0 Å². The molecule has 0 bridgehead atoms. The zero-order chi connectivity index (χ0) is 8.84. The van der Waals surface area contributed by atoms with E-state index < -0.39 is 0 Å². The van der Waals surface area contributed by atoms with Crippen LogP contribution in [0.4, 0.5) is 0 Å². The minimum atomic E-state index is 0.440. The van der Waals surface area contributed by atoms with Crippen LogP contribution in [0, 0.1) is 5.92 Å². The maximum absolute atomic E-state index is 5.75. The first-order chi connectivity index (χ1) is 6.33. The fraction of sp³-hybridized carbons (Fsp3) is 0.636. The van der Waals surface area contributed by atoms with Crippen LogP contribution < -0.4 is 0 Å². The highest BCUT2D eigenvalue weighted by Crippen LogP contribution is 2.47. The molecule has 13 heavy (non-hydrogen) atoms. The second kappa shape index (κ2) is 2.61. The lowest BCUT2D eigenvalue weighted by Crippen LogP contribution is -1.89. The summed E-state index contributed by atoms with van der Waals surface area (Å²) in [5, 5.41) is 0. The van der Waals surface area contributed by atoms with Crippen LogP contribution in [0.15, 0.2) is 16.5 Å². The van der Waals surface area contributed by atoms with E-state index in [1.165, 1.54) is 12.2 Å². The molecule has 1 saturated carbocycles. The largest absolute Gasteiger partial charge is 0.466 e. The normalized spacial score (nSPS) is 36.2. The molecule has 0 N–H and O–H groups in total. The van der Waals surface area contributed by atoms with Crippen molar-refractivity contribution in [3.8, 4) is 0 Å². The third kappa shape index (κ3) is 1.51. The lowest BCUT2D eigenvalue weighted by atomic mass is 10.2. The first-order valence-electron chi connectivity index (χ1n) is 5.03. The van der Waals surface area contributed by atoms with Gasteiger partial charge in [0.25, 0.3) is 0 Å². The van der Waals surface area contributed by atoms with E-state index in [1.54, 1.807) is 0 Å². The maximum Gasteiger partial charge on any atom is 0.107 e. The highest BCUT2D eigenvalue weighted by atomic mass is 16.6. The van der Waals surface area contributed by atoms with E-state index in [-0.39, 0.29) is 0 Å². The molecule has 3 unspecified atom stereocenters. The van der Waals surface area contributed by atoms with Crippen LogP contribution in [-0.2, 0) is 11.2 Å². The van der Waals surface area contributed by atoms with E-state index in [1.807, 2.05) is 0 Å².